The number of primary amides is 1. The third-order valence-electron chi connectivity index (χ3n) is 2.39. The smallest absolute Gasteiger partial charge is 0.220 e. The summed E-state index contributed by atoms with van der Waals surface area (Å²) in [6, 6.07) is 2.81. The van der Waals surface area contributed by atoms with Crippen molar-refractivity contribution in [2.45, 2.75) is 25.6 Å². The van der Waals surface area contributed by atoms with Crippen molar-refractivity contribution in [3.63, 3.8) is 0 Å². The number of hydrogen-bond donors (Lipinski definition) is 4. The molecule has 0 spiro atoms. The fraction of sp³-hybridized carbons (Fsp3) is 0.364. The van der Waals surface area contributed by atoms with E-state index >= 15 is 0 Å². The number of benzene rings is 1. The van der Waals surface area contributed by atoms with E-state index in [0.717, 1.165) is 0 Å². The molecule has 5 nitrogen and oxygen atoms in total. The monoisotopic (exact) mass is 259 g/mol. The normalized spacial score (nSPS) is 14.4. The van der Waals surface area contributed by atoms with Gasteiger partial charge in [-0.25, -0.2) is 0 Å². The molecule has 1 aromatic rings. The van der Waals surface area contributed by atoms with E-state index in [1.807, 2.05) is 0 Å². The molecule has 0 aliphatic carbocycles. The van der Waals surface area contributed by atoms with Gasteiger partial charge in [-0.2, -0.15) is 0 Å². The highest BCUT2D eigenvalue weighted by molar-refractivity contribution is 6.32. The van der Waals surface area contributed by atoms with Gasteiger partial charge in [0.15, 0.2) is 0 Å². The minimum Gasteiger partial charge on any atom is -0.506 e. The number of phenols is 1. The average Bonchev–Trinajstić information content (AvgIpc) is 2.23. The predicted molar refractivity (Wildman–Crippen MR) is 62.6 cm³/mol. The quantitative estimate of drug-likeness (QED) is 0.636. The molecule has 17 heavy (non-hydrogen) atoms. The first-order chi connectivity index (χ1) is 7.82. The van der Waals surface area contributed by atoms with Gasteiger partial charge >= 0.3 is 0 Å². The molecule has 5 N–H and O–H groups in total. The topological polar surface area (TPSA) is 104 Å². The summed E-state index contributed by atoms with van der Waals surface area (Å²) in [7, 11) is 0. The molecule has 0 bridgehead atoms. The average molecular weight is 260 g/mol. The largest absolute Gasteiger partial charge is 0.506 e. The Kier molecular flexibility index (Phi) is 4.34. The van der Waals surface area contributed by atoms with Crippen molar-refractivity contribution < 1.29 is 20.1 Å². The van der Waals surface area contributed by atoms with E-state index in [-0.39, 0.29) is 17.2 Å². The molecule has 1 rings (SSSR count). The minimum atomic E-state index is -1.30. The molecule has 2 atom stereocenters. The van der Waals surface area contributed by atoms with Crippen molar-refractivity contribution >= 4 is 17.5 Å². The van der Waals surface area contributed by atoms with Gasteiger partial charge < -0.3 is 21.1 Å². The number of amides is 1. The maximum atomic E-state index is 10.6. The second-order valence-corrected chi connectivity index (χ2v) is 4.26. The molecule has 1 aromatic carbocycles. The van der Waals surface area contributed by atoms with Crippen LogP contribution in [0.4, 0.5) is 0 Å². The summed E-state index contributed by atoms with van der Waals surface area (Å²) >= 11 is 5.74. The Hall–Kier alpha value is -1.30. The van der Waals surface area contributed by atoms with Gasteiger partial charge in [0.05, 0.1) is 17.5 Å². The van der Waals surface area contributed by atoms with Gasteiger partial charge in [0.25, 0.3) is 0 Å². The maximum Gasteiger partial charge on any atom is 0.220 e. The summed E-state index contributed by atoms with van der Waals surface area (Å²) < 4.78 is 0. The van der Waals surface area contributed by atoms with Crippen LogP contribution in [0.25, 0.3) is 0 Å². The van der Waals surface area contributed by atoms with Crippen LogP contribution in [0.3, 0.4) is 0 Å². The van der Waals surface area contributed by atoms with E-state index in [1.165, 1.54) is 12.1 Å². The zero-order chi connectivity index (χ0) is 13.2. The van der Waals surface area contributed by atoms with Gasteiger partial charge in [-0.15, -0.1) is 0 Å². The van der Waals surface area contributed by atoms with Crippen LogP contribution < -0.4 is 5.73 Å². The van der Waals surface area contributed by atoms with Crippen LogP contribution in [0.1, 0.15) is 23.7 Å². The van der Waals surface area contributed by atoms with Crippen LogP contribution >= 0.6 is 11.6 Å². The van der Waals surface area contributed by atoms with Crippen LogP contribution in [0.15, 0.2) is 12.1 Å². The van der Waals surface area contributed by atoms with E-state index in [4.69, 9.17) is 17.3 Å². The van der Waals surface area contributed by atoms with Gasteiger partial charge in [0.1, 0.15) is 11.9 Å². The molecule has 0 aliphatic heterocycles. The number of phenolic OH excluding ortho intramolecular Hbond substituents is 1. The summed E-state index contributed by atoms with van der Waals surface area (Å²) in [5.74, 6) is -0.787. The van der Waals surface area contributed by atoms with Crippen molar-refractivity contribution in [1.29, 1.82) is 0 Å². The van der Waals surface area contributed by atoms with E-state index in [0.29, 0.717) is 11.1 Å². The highest BCUT2D eigenvalue weighted by Gasteiger charge is 2.21. The summed E-state index contributed by atoms with van der Waals surface area (Å²) in [5.41, 5.74) is 5.71. The molecule has 0 aliphatic rings. The van der Waals surface area contributed by atoms with Gasteiger partial charge in [-0.05, 0) is 30.2 Å². The molecule has 0 radical (unpaired) electrons. The molecule has 0 heterocycles. The van der Waals surface area contributed by atoms with Crippen LogP contribution in [-0.4, -0.2) is 27.3 Å². The number of halogens is 1. The zero-order valence-electron chi connectivity index (χ0n) is 9.22. The van der Waals surface area contributed by atoms with Gasteiger partial charge in [-0.1, -0.05) is 11.6 Å². The first-order valence-corrected chi connectivity index (χ1v) is 5.34. The summed E-state index contributed by atoms with van der Waals surface area (Å²) in [6.45, 7) is 1.61. The predicted octanol–water partition coefficient (Wildman–Crippen LogP) is 0.624. The Morgan fingerprint density at radius 3 is 2.53 bits per heavy atom. The molecular formula is C11H14ClNO4. The zero-order valence-corrected chi connectivity index (χ0v) is 9.98. The highest BCUT2D eigenvalue weighted by Crippen LogP contribution is 2.31. The van der Waals surface area contributed by atoms with Crippen molar-refractivity contribution in [3.8, 4) is 5.75 Å². The van der Waals surface area contributed by atoms with Crippen molar-refractivity contribution in [2.24, 2.45) is 5.73 Å². The first kappa shape index (κ1) is 13.8. The van der Waals surface area contributed by atoms with Crippen molar-refractivity contribution in [1.82, 2.24) is 0 Å². The number of rotatable bonds is 4. The molecule has 1 amide bonds. The Balaban J connectivity index is 2.96. The minimum absolute atomic E-state index is 0.0744. The lowest BCUT2D eigenvalue weighted by Crippen LogP contribution is -2.25. The summed E-state index contributed by atoms with van der Waals surface area (Å²) in [5, 5.41) is 28.8. The molecule has 6 heteroatoms. The Morgan fingerprint density at radius 1 is 1.47 bits per heavy atom. The standard InChI is InChI=1S/C11H14ClNO4/c1-5-2-6(3-7(12)10(5)16)11(17)8(14)4-9(13)15/h2-3,8,11,14,16-17H,4H2,1H3,(H2,13,15). The highest BCUT2D eigenvalue weighted by atomic mass is 35.5. The third-order valence-corrected chi connectivity index (χ3v) is 2.68. The Labute approximate surface area is 103 Å². The number of aromatic hydroxyl groups is 1. The number of carbonyl (C=O) groups is 1. The van der Waals surface area contributed by atoms with Gasteiger partial charge in [0.2, 0.25) is 5.91 Å². The Morgan fingerprint density at radius 2 is 2.06 bits per heavy atom. The van der Waals surface area contributed by atoms with Gasteiger partial charge in [0, 0.05) is 0 Å². The lowest BCUT2D eigenvalue weighted by Gasteiger charge is -2.18. The number of hydrogen-bond acceptors (Lipinski definition) is 4. The van der Waals surface area contributed by atoms with Crippen molar-refractivity contribution in [3.05, 3.63) is 28.3 Å². The molecule has 0 aromatic heterocycles. The van der Waals surface area contributed by atoms with Crippen molar-refractivity contribution in [2.75, 3.05) is 0 Å². The molecule has 0 fully saturated rings. The Bertz CT molecular complexity index is 412. The number of aliphatic hydroxyl groups is 2. The second kappa shape index (κ2) is 5.35. The van der Waals surface area contributed by atoms with Crippen LogP contribution in [0.2, 0.25) is 5.02 Å². The maximum absolute atomic E-state index is 10.6. The fourth-order valence-corrected chi connectivity index (χ4v) is 1.75. The van der Waals surface area contributed by atoms with Crippen LogP contribution in [0, 0.1) is 6.92 Å². The lowest BCUT2D eigenvalue weighted by molar-refractivity contribution is -0.121. The van der Waals surface area contributed by atoms with E-state index in [2.05, 4.69) is 0 Å². The van der Waals surface area contributed by atoms with Crippen LogP contribution in [0.5, 0.6) is 5.75 Å². The number of carbonyl (C=O) groups excluding carboxylic acids is 1. The summed E-state index contributed by atoms with van der Waals surface area (Å²) in [4.78, 5) is 10.6. The van der Waals surface area contributed by atoms with E-state index in [1.54, 1.807) is 6.92 Å². The number of nitrogens with two attached hydrogens (primary N) is 1. The van der Waals surface area contributed by atoms with Crippen LogP contribution in [-0.2, 0) is 4.79 Å². The lowest BCUT2D eigenvalue weighted by atomic mass is 10.00. The number of aryl methyl sites for hydroxylation is 1. The van der Waals surface area contributed by atoms with Gasteiger partial charge in [-0.3, -0.25) is 4.79 Å². The molecule has 94 valence electrons. The second-order valence-electron chi connectivity index (χ2n) is 3.85. The van der Waals surface area contributed by atoms with E-state index in [9.17, 15) is 20.1 Å². The molecule has 0 saturated heterocycles. The first-order valence-electron chi connectivity index (χ1n) is 4.96. The SMILES string of the molecule is Cc1cc(C(O)C(O)CC(N)=O)cc(Cl)c1O. The van der Waals surface area contributed by atoms with E-state index < -0.39 is 18.1 Å². The number of aliphatic hydroxyl groups excluding tert-OH is 2. The molecule has 0 saturated carbocycles. The molecule has 2 unspecified atom stereocenters. The summed E-state index contributed by atoms with van der Waals surface area (Å²) in [6.07, 6.45) is -2.93. The third kappa shape index (κ3) is 3.33. The fourth-order valence-electron chi connectivity index (χ4n) is 1.47. The molecular weight excluding hydrogens is 246 g/mol.